The molecule has 18 heteroatoms. The normalized spacial score (nSPS) is 16.5. The van der Waals surface area contributed by atoms with Gasteiger partial charge in [-0.3, -0.25) is 9.59 Å². The Balaban J connectivity index is 0.000000146. The maximum absolute atomic E-state index is 12.9. The molecule has 0 radical (unpaired) electrons. The number of carbonyl (C=O) groups is 2. The predicted octanol–water partition coefficient (Wildman–Crippen LogP) is 11.8. The molecule has 8 heterocycles. The number of aryl methyl sites for hydroxylation is 2. The number of esters is 1. The van der Waals surface area contributed by atoms with E-state index in [1.807, 2.05) is 50.5 Å². The fourth-order valence-corrected chi connectivity index (χ4v) is 11.9. The molecular weight excluding hydrogens is 1030 g/mol. The number of halogens is 2. The lowest BCUT2D eigenvalue weighted by Crippen LogP contribution is -2.30. The molecule has 0 spiro atoms. The van der Waals surface area contributed by atoms with Crippen molar-refractivity contribution in [2.75, 3.05) is 59.2 Å². The van der Waals surface area contributed by atoms with Crippen molar-refractivity contribution in [3.05, 3.63) is 115 Å². The lowest BCUT2D eigenvalue weighted by Gasteiger charge is -2.28. The molecule has 0 amide bonds. The highest BCUT2D eigenvalue weighted by atomic mass is 35.5. The third-order valence-corrected chi connectivity index (χ3v) is 16.6. The van der Waals surface area contributed by atoms with Crippen LogP contribution in [0.1, 0.15) is 114 Å². The quantitative estimate of drug-likeness (QED) is 0.0674. The van der Waals surface area contributed by atoms with Gasteiger partial charge in [-0.15, -0.1) is 0 Å². The fraction of sp³-hybridized carbons (Fsp3) is 0.474. The number of nitrogen functional groups attached to an aromatic ring is 1. The highest BCUT2D eigenvalue weighted by Gasteiger charge is 2.32. The van der Waals surface area contributed by atoms with Crippen LogP contribution in [0.2, 0.25) is 10.0 Å². The molecule has 4 fully saturated rings. The van der Waals surface area contributed by atoms with E-state index in [4.69, 9.17) is 48.1 Å². The minimum Gasteiger partial charge on any atom is -0.477 e. The van der Waals surface area contributed by atoms with E-state index in [0.29, 0.717) is 77.1 Å². The number of anilines is 1. The molecule has 11 rings (SSSR count). The zero-order chi connectivity index (χ0) is 52.4. The van der Waals surface area contributed by atoms with Crippen molar-refractivity contribution in [2.45, 2.75) is 109 Å². The monoisotopic (exact) mass is 1090 g/mol. The molecular formula is C57H67Cl2N9O5S2. The first-order valence-electron chi connectivity index (χ1n) is 26.3. The second-order valence-corrected chi connectivity index (χ2v) is 23.7. The van der Waals surface area contributed by atoms with Crippen molar-refractivity contribution in [3.63, 3.8) is 0 Å². The predicted molar refractivity (Wildman–Crippen MR) is 300 cm³/mol. The van der Waals surface area contributed by atoms with E-state index in [-0.39, 0.29) is 18.2 Å². The van der Waals surface area contributed by atoms with Crippen molar-refractivity contribution in [1.29, 1.82) is 0 Å². The van der Waals surface area contributed by atoms with Crippen LogP contribution in [0.25, 0.3) is 20.7 Å². The van der Waals surface area contributed by atoms with Gasteiger partial charge in [0.2, 0.25) is 11.8 Å². The molecule has 2 aliphatic carbocycles. The largest absolute Gasteiger partial charge is 0.477 e. The lowest BCUT2D eigenvalue weighted by molar-refractivity contribution is -0.133. The molecule has 0 atom stereocenters. The fourth-order valence-electron chi connectivity index (χ4n) is 9.89. The molecule has 75 heavy (non-hydrogen) atoms. The number of hydrogen-bond acceptors (Lipinski definition) is 16. The van der Waals surface area contributed by atoms with Gasteiger partial charge in [-0.1, -0.05) is 64.1 Å². The van der Waals surface area contributed by atoms with Crippen LogP contribution in [0.5, 0.6) is 17.5 Å². The van der Waals surface area contributed by atoms with Crippen LogP contribution in [0.4, 0.5) is 5.69 Å². The number of ketones is 1. The number of benzene rings is 1. The smallest absolute Gasteiger partial charge is 0.315 e. The van der Waals surface area contributed by atoms with Crippen molar-refractivity contribution < 1.29 is 23.8 Å². The summed E-state index contributed by atoms with van der Waals surface area (Å²) in [5.74, 6) is 3.87. The van der Waals surface area contributed by atoms with Crippen LogP contribution in [0, 0.1) is 25.7 Å². The highest BCUT2D eigenvalue weighted by Crippen LogP contribution is 2.46. The average molecular weight is 1090 g/mol. The van der Waals surface area contributed by atoms with E-state index < -0.39 is 0 Å². The van der Waals surface area contributed by atoms with Crippen LogP contribution < -0.4 is 19.9 Å². The number of Topliss-reactive ketones (excluding diaryl/α,β-unsaturated/α-hetero) is 1. The summed E-state index contributed by atoms with van der Waals surface area (Å²) in [6.45, 7) is 9.97. The molecule has 1 aromatic carbocycles. The highest BCUT2D eigenvalue weighted by molar-refractivity contribution is 7.18. The Morgan fingerprint density at radius 1 is 0.640 bits per heavy atom. The Kier molecular flexibility index (Phi) is 18.6. The van der Waals surface area contributed by atoms with E-state index in [1.165, 1.54) is 49.9 Å². The number of aromatic nitrogens is 6. The third-order valence-electron chi connectivity index (χ3n) is 14.3. The molecule has 6 aromatic heterocycles. The van der Waals surface area contributed by atoms with Crippen LogP contribution in [-0.2, 0) is 28.9 Å². The topological polar surface area (TPSA) is 172 Å². The number of nitrogens with zero attached hydrogens (tertiary/aromatic N) is 8. The van der Waals surface area contributed by atoms with E-state index in [1.54, 1.807) is 53.3 Å². The van der Waals surface area contributed by atoms with Gasteiger partial charge in [0, 0.05) is 31.4 Å². The lowest BCUT2D eigenvalue weighted by atomic mass is 9.94. The van der Waals surface area contributed by atoms with Gasteiger partial charge in [0.1, 0.15) is 42.3 Å². The van der Waals surface area contributed by atoms with Gasteiger partial charge in [-0.2, -0.15) is 0 Å². The molecule has 2 saturated heterocycles. The van der Waals surface area contributed by atoms with Gasteiger partial charge in [0.25, 0.3) is 0 Å². The molecule has 4 aliphatic rings. The Hall–Kier alpha value is -5.36. The summed E-state index contributed by atoms with van der Waals surface area (Å²) in [6, 6.07) is 12.6. The third kappa shape index (κ3) is 15.4. The van der Waals surface area contributed by atoms with E-state index >= 15 is 0 Å². The number of para-hydroxylation sites is 1. The van der Waals surface area contributed by atoms with Crippen LogP contribution >= 0.6 is 45.9 Å². The second kappa shape index (κ2) is 25.7. The van der Waals surface area contributed by atoms with Crippen LogP contribution in [0.15, 0.2) is 67.3 Å². The summed E-state index contributed by atoms with van der Waals surface area (Å²) in [5.41, 5.74) is 13.3. The van der Waals surface area contributed by atoms with Gasteiger partial charge in [-0.25, -0.2) is 29.9 Å². The summed E-state index contributed by atoms with van der Waals surface area (Å²) in [7, 11) is 4.34. The van der Waals surface area contributed by atoms with Gasteiger partial charge in [-0.05, 0) is 194 Å². The van der Waals surface area contributed by atoms with Gasteiger partial charge in [0.15, 0.2) is 0 Å². The number of rotatable bonds is 17. The van der Waals surface area contributed by atoms with Crippen molar-refractivity contribution >= 4 is 84.0 Å². The van der Waals surface area contributed by atoms with Crippen molar-refractivity contribution in [2.24, 2.45) is 11.8 Å². The Bertz CT molecular complexity index is 3060. The van der Waals surface area contributed by atoms with Gasteiger partial charge < -0.3 is 29.7 Å². The minimum absolute atomic E-state index is 0.129. The summed E-state index contributed by atoms with van der Waals surface area (Å²) in [5, 5.41) is 2.98. The molecule has 14 nitrogen and oxygen atoms in total. The number of hydrogen-bond donors (Lipinski definition) is 1. The maximum Gasteiger partial charge on any atom is 0.315 e. The molecule has 396 valence electrons. The maximum atomic E-state index is 12.9. The molecule has 2 N–H and O–H groups in total. The number of carbonyl (C=O) groups excluding carboxylic acids is 2. The van der Waals surface area contributed by atoms with Crippen LogP contribution in [-0.4, -0.2) is 105 Å². The zero-order valence-electron chi connectivity index (χ0n) is 43.4. The molecule has 7 aromatic rings. The Morgan fingerprint density at radius 2 is 1.13 bits per heavy atom. The number of pyridine rings is 4. The van der Waals surface area contributed by atoms with E-state index in [0.717, 1.165) is 105 Å². The Labute approximate surface area is 457 Å². The Morgan fingerprint density at radius 3 is 1.63 bits per heavy atom. The van der Waals surface area contributed by atoms with Crippen molar-refractivity contribution in [1.82, 2.24) is 39.7 Å². The zero-order valence-corrected chi connectivity index (χ0v) is 46.5. The summed E-state index contributed by atoms with van der Waals surface area (Å²) in [6.07, 6.45) is 19.5. The second-order valence-electron chi connectivity index (χ2n) is 20.5. The van der Waals surface area contributed by atoms with E-state index in [2.05, 4.69) is 48.8 Å². The summed E-state index contributed by atoms with van der Waals surface area (Å²) >= 11 is 15.6. The minimum atomic E-state index is -0.258. The first-order valence-corrected chi connectivity index (χ1v) is 28.7. The number of likely N-dealkylation sites (tertiary alicyclic amines) is 2. The average Bonchev–Trinajstić information content (AvgIpc) is 4.33. The number of thiazole rings is 2. The summed E-state index contributed by atoms with van der Waals surface area (Å²) in [4.78, 5) is 58.7. The van der Waals surface area contributed by atoms with Crippen molar-refractivity contribution in [3.8, 4) is 17.5 Å². The first-order chi connectivity index (χ1) is 36.3. The number of nitrogens with two attached hydrogens (primary N) is 1. The number of piperidine rings is 2. The number of ether oxygens (including phenoxy) is 3. The SMILES string of the molecule is CN1CCC(CCOc2ncc(N)cc2Cl)CC1.Cc1nc2c(C3CC3)c(CC(=O)Cc3cnc(OCCC4CCN(C)CC4)c(Cl)c3)cnc2s1.Cc1nc2c(C3CC3)c(CC(=O)Oc3ccccc3)cnc2s1. The number of fused-ring (bicyclic) bond motifs is 2. The van der Waals surface area contributed by atoms with Gasteiger partial charge >= 0.3 is 5.97 Å². The van der Waals surface area contributed by atoms with Crippen LogP contribution in [0.3, 0.4) is 0 Å². The van der Waals surface area contributed by atoms with E-state index in [9.17, 15) is 9.59 Å². The molecule has 2 saturated carbocycles. The molecule has 0 unspecified atom stereocenters. The van der Waals surface area contributed by atoms with Gasteiger partial charge in [0.05, 0.1) is 41.5 Å². The summed E-state index contributed by atoms with van der Waals surface area (Å²) < 4.78 is 16.9. The first kappa shape index (κ1) is 54.4. The molecule has 2 aliphatic heterocycles. The standard InChI is InChI=1S/C26H31ClN4O2S.C18H16N2O2S.C13H20ClN3O/c1-16-30-24-23(19-3-4-19)20(15-29-26(24)34-16)13-21(32)11-18-12-22(27)25(28-14-18)33-10-7-17-5-8-31(2)9-6-17;1-11-20-17-16(12-7-8-12)13(10-19-18(17)23-11)9-15(21)22-14-5-3-2-4-6-14;1-17-5-2-10(3-6-17)4-7-18-13-12(14)8-11(15)9-16-13/h12,14-15,17,19H,3-11,13H2,1-2H3;2-6,10,12H,7-9H2,1H3;8-10H,2-7,15H2,1H3. The molecule has 0 bridgehead atoms.